The molecule has 1 aromatic carbocycles. The third-order valence-electron chi connectivity index (χ3n) is 2.38. The zero-order valence-corrected chi connectivity index (χ0v) is 11.2. The lowest BCUT2D eigenvalue weighted by atomic mass is 10.3. The maximum atomic E-state index is 10.9. The highest BCUT2D eigenvalue weighted by Crippen LogP contribution is 2.33. The number of rotatable bonds is 4. The molecule has 0 atom stereocenters. The van der Waals surface area contributed by atoms with Crippen molar-refractivity contribution in [1.29, 1.82) is 0 Å². The number of carboxylic acid groups (broad SMARTS) is 1. The van der Waals surface area contributed by atoms with E-state index in [1.807, 2.05) is 42.2 Å². The summed E-state index contributed by atoms with van der Waals surface area (Å²) in [4.78, 5) is 17.0. The second kappa shape index (κ2) is 5.37. The first kappa shape index (κ1) is 12.9. The molecule has 0 aliphatic rings. The van der Waals surface area contributed by atoms with Crippen LogP contribution in [0.15, 0.2) is 30.3 Å². The number of thiazole rings is 1. The number of hydrogen-bond acceptors (Lipinski definition) is 4. The van der Waals surface area contributed by atoms with Crippen molar-refractivity contribution < 1.29 is 9.90 Å². The van der Waals surface area contributed by atoms with Gasteiger partial charge in [-0.2, -0.15) is 0 Å². The quantitative estimate of drug-likeness (QED) is 0.930. The Hall–Kier alpha value is -1.59. The largest absolute Gasteiger partial charge is 0.477 e. The van der Waals surface area contributed by atoms with Crippen molar-refractivity contribution in [3.63, 3.8) is 0 Å². The van der Waals surface area contributed by atoms with Gasteiger partial charge in [-0.1, -0.05) is 41.1 Å². The fourth-order valence-corrected chi connectivity index (χ4v) is 2.78. The van der Waals surface area contributed by atoms with Crippen LogP contribution in [0.25, 0.3) is 0 Å². The van der Waals surface area contributed by atoms with Gasteiger partial charge in [-0.25, -0.2) is 9.78 Å². The molecule has 0 saturated heterocycles. The molecule has 0 bridgehead atoms. The standard InChI is InChI=1S/C12H11ClN2O2S/c1-2-15(8-6-4-3-5-7-8)12-14-10(13)9(18-12)11(16)17/h3-7H,2H2,1H3,(H,16,17). The van der Waals surface area contributed by atoms with Gasteiger partial charge in [-0.15, -0.1) is 0 Å². The van der Waals surface area contributed by atoms with E-state index >= 15 is 0 Å². The number of benzene rings is 1. The molecule has 94 valence electrons. The number of aromatic nitrogens is 1. The minimum atomic E-state index is -1.05. The lowest BCUT2D eigenvalue weighted by Crippen LogP contribution is -2.15. The third-order valence-corrected chi connectivity index (χ3v) is 3.84. The van der Waals surface area contributed by atoms with E-state index in [4.69, 9.17) is 16.7 Å². The molecule has 1 N–H and O–H groups in total. The molecule has 0 aliphatic heterocycles. The van der Waals surface area contributed by atoms with Gasteiger partial charge in [0.2, 0.25) is 0 Å². The van der Waals surface area contributed by atoms with E-state index in [1.54, 1.807) is 0 Å². The van der Waals surface area contributed by atoms with Crippen LogP contribution >= 0.6 is 22.9 Å². The maximum absolute atomic E-state index is 10.9. The Labute approximate surface area is 113 Å². The Balaban J connectivity index is 2.40. The summed E-state index contributed by atoms with van der Waals surface area (Å²) in [6.07, 6.45) is 0. The lowest BCUT2D eigenvalue weighted by molar-refractivity contribution is 0.0702. The van der Waals surface area contributed by atoms with Crippen LogP contribution in [0.4, 0.5) is 10.8 Å². The van der Waals surface area contributed by atoms with Gasteiger partial charge in [0.15, 0.2) is 15.2 Å². The number of anilines is 2. The van der Waals surface area contributed by atoms with Crippen LogP contribution in [-0.2, 0) is 0 Å². The summed E-state index contributed by atoms with van der Waals surface area (Å²) in [6, 6.07) is 9.66. The van der Waals surface area contributed by atoms with Crippen molar-refractivity contribution in [2.75, 3.05) is 11.4 Å². The molecule has 0 saturated carbocycles. The second-order valence-electron chi connectivity index (χ2n) is 3.50. The van der Waals surface area contributed by atoms with Crippen LogP contribution < -0.4 is 4.90 Å². The highest BCUT2D eigenvalue weighted by molar-refractivity contribution is 7.18. The summed E-state index contributed by atoms with van der Waals surface area (Å²) < 4.78 is 0. The fourth-order valence-electron chi connectivity index (χ4n) is 1.57. The Morgan fingerprint density at radius 3 is 2.61 bits per heavy atom. The molecule has 0 spiro atoms. The smallest absolute Gasteiger partial charge is 0.349 e. The molecule has 1 heterocycles. The van der Waals surface area contributed by atoms with Gasteiger partial charge in [-0.05, 0) is 19.1 Å². The number of hydrogen-bond donors (Lipinski definition) is 1. The van der Waals surface area contributed by atoms with E-state index in [0.717, 1.165) is 17.0 Å². The summed E-state index contributed by atoms with van der Waals surface area (Å²) in [5.74, 6) is -1.05. The van der Waals surface area contributed by atoms with Gasteiger partial charge in [-0.3, -0.25) is 0 Å². The minimum absolute atomic E-state index is 0.0388. The first-order valence-corrected chi connectivity index (χ1v) is 6.55. The third kappa shape index (κ3) is 2.47. The maximum Gasteiger partial charge on any atom is 0.349 e. The van der Waals surface area contributed by atoms with E-state index in [2.05, 4.69) is 4.98 Å². The molecular weight excluding hydrogens is 272 g/mol. The average Bonchev–Trinajstić information content (AvgIpc) is 2.74. The molecule has 2 aromatic rings. The second-order valence-corrected chi connectivity index (χ2v) is 4.84. The first-order chi connectivity index (χ1) is 8.63. The molecule has 0 unspecified atom stereocenters. The van der Waals surface area contributed by atoms with Crippen LogP contribution in [0.3, 0.4) is 0 Å². The number of nitrogens with zero attached hydrogens (tertiary/aromatic N) is 2. The van der Waals surface area contributed by atoms with E-state index in [9.17, 15) is 4.79 Å². The molecular formula is C12H11ClN2O2S. The van der Waals surface area contributed by atoms with E-state index in [0.29, 0.717) is 11.7 Å². The van der Waals surface area contributed by atoms with Crippen molar-refractivity contribution in [2.24, 2.45) is 0 Å². The highest BCUT2D eigenvalue weighted by Gasteiger charge is 2.19. The van der Waals surface area contributed by atoms with Crippen LogP contribution in [0, 0.1) is 0 Å². The van der Waals surface area contributed by atoms with Crippen LogP contribution in [0.5, 0.6) is 0 Å². The zero-order chi connectivity index (χ0) is 13.1. The van der Waals surface area contributed by atoms with Gasteiger partial charge >= 0.3 is 5.97 Å². The van der Waals surface area contributed by atoms with Crippen molar-refractivity contribution in [2.45, 2.75) is 6.92 Å². The fraction of sp³-hybridized carbons (Fsp3) is 0.167. The van der Waals surface area contributed by atoms with Crippen molar-refractivity contribution in [3.8, 4) is 0 Å². The Morgan fingerprint density at radius 2 is 2.11 bits per heavy atom. The molecule has 0 aliphatic carbocycles. The molecule has 4 nitrogen and oxygen atoms in total. The Kier molecular flexibility index (Phi) is 3.84. The Morgan fingerprint density at radius 1 is 1.44 bits per heavy atom. The van der Waals surface area contributed by atoms with E-state index in [-0.39, 0.29) is 10.0 Å². The zero-order valence-electron chi connectivity index (χ0n) is 9.63. The molecule has 6 heteroatoms. The number of aromatic carboxylic acids is 1. The summed E-state index contributed by atoms with van der Waals surface area (Å²) in [7, 11) is 0. The predicted octanol–water partition coefficient (Wildman–Crippen LogP) is 3.65. The van der Waals surface area contributed by atoms with Crippen LogP contribution in [0.1, 0.15) is 16.6 Å². The summed E-state index contributed by atoms with van der Waals surface area (Å²) in [6.45, 7) is 2.66. The van der Waals surface area contributed by atoms with Gasteiger partial charge in [0, 0.05) is 12.2 Å². The topological polar surface area (TPSA) is 53.4 Å². The van der Waals surface area contributed by atoms with Gasteiger partial charge in [0.25, 0.3) is 0 Å². The molecule has 18 heavy (non-hydrogen) atoms. The van der Waals surface area contributed by atoms with E-state index in [1.165, 1.54) is 0 Å². The molecule has 0 amide bonds. The van der Waals surface area contributed by atoms with Gasteiger partial charge in [0.1, 0.15) is 0 Å². The highest BCUT2D eigenvalue weighted by atomic mass is 35.5. The van der Waals surface area contributed by atoms with Crippen LogP contribution in [-0.4, -0.2) is 22.6 Å². The number of para-hydroxylation sites is 1. The summed E-state index contributed by atoms with van der Waals surface area (Å²) in [5, 5.41) is 9.60. The molecule has 0 radical (unpaired) electrons. The SMILES string of the molecule is CCN(c1ccccc1)c1nc(Cl)c(C(=O)O)s1. The van der Waals surface area contributed by atoms with E-state index < -0.39 is 5.97 Å². The summed E-state index contributed by atoms with van der Waals surface area (Å²) in [5.41, 5.74) is 0.961. The Bertz CT molecular complexity index is 556. The summed E-state index contributed by atoms with van der Waals surface area (Å²) >= 11 is 6.90. The van der Waals surface area contributed by atoms with Crippen molar-refractivity contribution in [3.05, 3.63) is 40.4 Å². The normalized spacial score (nSPS) is 10.3. The number of carbonyl (C=O) groups is 1. The van der Waals surface area contributed by atoms with Gasteiger partial charge < -0.3 is 10.0 Å². The van der Waals surface area contributed by atoms with Crippen LogP contribution in [0.2, 0.25) is 5.15 Å². The van der Waals surface area contributed by atoms with Crippen molar-refractivity contribution in [1.82, 2.24) is 4.98 Å². The number of halogens is 1. The first-order valence-electron chi connectivity index (χ1n) is 5.35. The molecule has 1 aromatic heterocycles. The molecule has 0 fully saturated rings. The van der Waals surface area contributed by atoms with Gasteiger partial charge in [0.05, 0.1) is 0 Å². The monoisotopic (exact) mass is 282 g/mol. The molecule has 2 rings (SSSR count). The average molecular weight is 283 g/mol. The lowest BCUT2D eigenvalue weighted by Gasteiger charge is -2.19. The predicted molar refractivity (Wildman–Crippen MR) is 73.2 cm³/mol. The minimum Gasteiger partial charge on any atom is -0.477 e. The van der Waals surface area contributed by atoms with Crippen molar-refractivity contribution >= 4 is 39.7 Å². The number of carboxylic acids is 1.